The van der Waals surface area contributed by atoms with E-state index in [0.717, 1.165) is 44.9 Å². The van der Waals surface area contributed by atoms with E-state index in [1.165, 1.54) is 0 Å². The minimum Gasteiger partial charge on any atom is -0.390 e. The van der Waals surface area contributed by atoms with E-state index in [-0.39, 0.29) is 38.8 Å². The van der Waals surface area contributed by atoms with Crippen molar-refractivity contribution in [2.75, 3.05) is 0 Å². The molecule has 5 fully saturated rings. The third-order valence-corrected chi connectivity index (χ3v) is 13.2. The van der Waals surface area contributed by atoms with Crippen LogP contribution in [0.5, 0.6) is 0 Å². The van der Waals surface area contributed by atoms with E-state index in [0.29, 0.717) is 30.5 Å². The molecule has 0 bridgehead atoms. The van der Waals surface area contributed by atoms with Gasteiger partial charge >= 0.3 is 0 Å². The maximum absolute atomic E-state index is 12.9. The summed E-state index contributed by atoms with van der Waals surface area (Å²) in [5.74, 6) is 1.60. The number of Topliss-reactive ketones (excluding diaryl/α,β-unsaturated/α-hetero) is 1. The van der Waals surface area contributed by atoms with E-state index in [1.54, 1.807) is 13.8 Å². The van der Waals surface area contributed by atoms with Crippen LogP contribution in [-0.4, -0.2) is 50.1 Å². The normalized spacial score (nSPS) is 50.9. The number of hydrogen-bond acceptors (Lipinski definition) is 5. The summed E-state index contributed by atoms with van der Waals surface area (Å²) in [5.41, 5.74) is -1.55. The number of epoxide rings is 1. The van der Waals surface area contributed by atoms with Gasteiger partial charge in [0.1, 0.15) is 23.1 Å². The molecule has 5 heteroatoms. The molecule has 4 aliphatic carbocycles. The van der Waals surface area contributed by atoms with Gasteiger partial charge < -0.3 is 20.1 Å². The van der Waals surface area contributed by atoms with E-state index >= 15 is 0 Å². The van der Waals surface area contributed by atoms with Crippen molar-refractivity contribution in [1.82, 2.24) is 0 Å². The number of carbonyl (C=O) groups excluding carboxylic acids is 1. The van der Waals surface area contributed by atoms with Gasteiger partial charge in [-0.2, -0.15) is 0 Å². The minimum absolute atomic E-state index is 0.0660. The van der Waals surface area contributed by atoms with Gasteiger partial charge in [-0.1, -0.05) is 41.5 Å². The molecule has 5 nitrogen and oxygen atoms in total. The average Bonchev–Trinajstić information content (AvgIpc) is 3.34. The Kier molecular flexibility index (Phi) is 5.47. The molecule has 1 saturated heterocycles. The van der Waals surface area contributed by atoms with E-state index in [2.05, 4.69) is 41.5 Å². The quantitative estimate of drug-likeness (QED) is 0.470. The fraction of sp³-hybridized carbons (Fsp3) is 0.967. The first-order chi connectivity index (χ1) is 15.9. The molecule has 200 valence electrons. The summed E-state index contributed by atoms with van der Waals surface area (Å²) in [6.45, 7) is 17.2. The maximum atomic E-state index is 12.9. The molecule has 5 aliphatic rings. The summed E-state index contributed by atoms with van der Waals surface area (Å²) in [6.07, 6.45) is 6.62. The van der Waals surface area contributed by atoms with Crippen molar-refractivity contribution in [1.29, 1.82) is 0 Å². The summed E-state index contributed by atoms with van der Waals surface area (Å²) in [7, 11) is 0. The summed E-state index contributed by atoms with van der Waals surface area (Å²) < 4.78 is 6.89. The molecule has 35 heavy (non-hydrogen) atoms. The lowest BCUT2D eigenvalue weighted by molar-refractivity contribution is -0.208. The second-order valence-electron chi connectivity index (χ2n) is 15.2. The molecule has 3 N–H and O–H groups in total. The van der Waals surface area contributed by atoms with E-state index in [4.69, 9.17) is 4.74 Å². The Bertz CT molecular complexity index is 907. The zero-order chi connectivity index (χ0) is 26.0. The highest BCUT2D eigenvalue weighted by Crippen LogP contribution is 2.84. The van der Waals surface area contributed by atoms with Gasteiger partial charge in [0, 0.05) is 17.3 Å². The molecular weight excluding hydrogens is 440 g/mol. The van der Waals surface area contributed by atoms with Gasteiger partial charge in [0.15, 0.2) is 0 Å². The van der Waals surface area contributed by atoms with Crippen molar-refractivity contribution < 1.29 is 24.9 Å². The number of aliphatic hydroxyl groups excluding tert-OH is 2. The van der Waals surface area contributed by atoms with Crippen molar-refractivity contribution in [3.63, 3.8) is 0 Å². The molecule has 1 spiro atoms. The second kappa shape index (κ2) is 7.33. The van der Waals surface area contributed by atoms with E-state index in [9.17, 15) is 20.1 Å². The van der Waals surface area contributed by atoms with Crippen LogP contribution in [0, 0.1) is 39.4 Å². The number of fused-ring (bicyclic) bond motifs is 4. The van der Waals surface area contributed by atoms with Crippen LogP contribution < -0.4 is 0 Å². The summed E-state index contributed by atoms with van der Waals surface area (Å²) in [4.78, 5) is 12.9. The molecule has 0 amide bonds. The average molecular weight is 491 g/mol. The summed E-state index contributed by atoms with van der Waals surface area (Å²) in [6, 6.07) is 0. The SMILES string of the molecule is C[C@H](C[C@H](O)[C@@H](O)C(C)(C)O)[C@]12CC[C@@]3(C)[C@@]1(CC[C@H]1[C@@]4(C)CCC(=O)C(C)(C)[C@H]4CC[C@@]13C)O2. The Morgan fingerprint density at radius 2 is 1.60 bits per heavy atom. The molecule has 0 aromatic carbocycles. The van der Waals surface area contributed by atoms with Gasteiger partial charge in [-0.15, -0.1) is 0 Å². The van der Waals surface area contributed by atoms with Crippen molar-refractivity contribution in [3.05, 3.63) is 0 Å². The zero-order valence-electron chi connectivity index (χ0n) is 23.4. The van der Waals surface area contributed by atoms with Crippen LogP contribution in [0.3, 0.4) is 0 Å². The van der Waals surface area contributed by atoms with Gasteiger partial charge in [-0.25, -0.2) is 0 Å². The lowest BCUT2D eigenvalue weighted by atomic mass is 9.35. The third kappa shape index (κ3) is 2.99. The highest BCUT2D eigenvalue weighted by Gasteiger charge is 2.87. The standard InChI is InChI=1S/C30H50O5/c1-18(17-19(31)23(33)25(4,5)34)29-16-15-28(8)27(7)13-9-20-24(2,3)22(32)11-12-26(20,6)21(27)10-14-30(28,29)35-29/h18-21,23,31,33-34H,9-17H2,1-8H3/t18-,19+,20-,21+,23-,26+,27+,28-,29-,30-/m1/s1. The Labute approximate surface area is 212 Å². The summed E-state index contributed by atoms with van der Waals surface area (Å²) >= 11 is 0. The maximum Gasteiger partial charge on any atom is 0.138 e. The van der Waals surface area contributed by atoms with Crippen LogP contribution in [0.4, 0.5) is 0 Å². The topological polar surface area (TPSA) is 90.3 Å². The number of hydrogen-bond donors (Lipinski definition) is 3. The molecule has 0 radical (unpaired) electrons. The molecule has 5 rings (SSSR count). The van der Waals surface area contributed by atoms with Crippen molar-refractivity contribution in [2.45, 2.75) is 142 Å². The molecule has 0 aromatic heterocycles. The Morgan fingerprint density at radius 1 is 0.971 bits per heavy atom. The largest absolute Gasteiger partial charge is 0.390 e. The zero-order valence-corrected chi connectivity index (χ0v) is 23.4. The highest BCUT2D eigenvalue weighted by molar-refractivity contribution is 5.85. The Balaban J connectivity index is 1.43. The fourth-order valence-corrected chi connectivity index (χ4v) is 10.9. The van der Waals surface area contributed by atoms with Gasteiger partial charge in [0.25, 0.3) is 0 Å². The second-order valence-corrected chi connectivity index (χ2v) is 15.2. The van der Waals surface area contributed by atoms with Crippen LogP contribution in [0.2, 0.25) is 0 Å². The first-order valence-corrected chi connectivity index (χ1v) is 14.2. The fourth-order valence-electron chi connectivity index (χ4n) is 10.9. The first-order valence-electron chi connectivity index (χ1n) is 14.2. The molecule has 1 heterocycles. The van der Waals surface area contributed by atoms with Crippen molar-refractivity contribution in [3.8, 4) is 0 Å². The van der Waals surface area contributed by atoms with Crippen molar-refractivity contribution in [2.24, 2.45) is 39.4 Å². The highest BCUT2D eigenvalue weighted by atomic mass is 16.6. The van der Waals surface area contributed by atoms with Crippen LogP contribution in [0.25, 0.3) is 0 Å². The van der Waals surface area contributed by atoms with Crippen LogP contribution in [-0.2, 0) is 9.53 Å². The molecule has 4 saturated carbocycles. The van der Waals surface area contributed by atoms with Gasteiger partial charge in [-0.05, 0) is 93.8 Å². The van der Waals surface area contributed by atoms with Crippen LogP contribution >= 0.6 is 0 Å². The Hall–Kier alpha value is -0.490. The molecule has 1 aliphatic heterocycles. The van der Waals surface area contributed by atoms with Gasteiger partial charge in [0.2, 0.25) is 0 Å². The number of ether oxygens (including phenoxy) is 1. The first kappa shape index (κ1) is 26.1. The van der Waals surface area contributed by atoms with Crippen molar-refractivity contribution >= 4 is 5.78 Å². The lowest BCUT2D eigenvalue weighted by Crippen LogP contribution is -2.65. The Morgan fingerprint density at radius 3 is 2.23 bits per heavy atom. The number of ketones is 1. The van der Waals surface area contributed by atoms with Gasteiger partial charge in [0.05, 0.1) is 11.7 Å². The number of rotatable bonds is 5. The predicted octanol–water partition coefficient (Wildman–Crippen LogP) is 5.03. The van der Waals surface area contributed by atoms with Crippen LogP contribution in [0.15, 0.2) is 0 Å². The smallest absolute Gasteiger partial charge is 0.138 e. The number of carbonyl (C=O) groups is 1. The molecule has 10 atom stereocenters. The number of aliphatic hydroxyl groups is 3. The lowest BCUT2D eigenvalue weighted by Gasteiger charge is -2.68. The molecular formula is C30H50O5. The van der Waals surface area contributed by atoms with Gasteiger partial charge in [-0.3, -0.25) is 4.79 Å². The molecule has 0 aromatic rings. The third-order valence-electron chi connectivity index (χ3n) is 13.2. The van der Waals surface area contributed by atoms with E-state index < -0.39 is 17.8 Å². The minimum atomic E-state index is -1.34. The monoisotopic (exact) mass is 490 g/mol. The van der Waals surface area contributed by atoms with E-state index in [1.807, 2.05) is 0 Å². The summed E-state index contributed by atoms with van der Waals surface area (Å²) in [5, 5.41) is 31.4. The predicted molar refractivity (Wildman–Crippen MR) is 136 cm³/mol. The van der Waals surface area contributed by atoms with Crippen LogP contribution in [0.1, 0.15) is 113 Å². The molecule has 0 unspecified atom stereocenters.